The Morgan fingerprint density at radius 2 is 2.25 bits per heavy atom. The number of rotatable bonds is 2. The topological polar surface area (TPSA) is 23.5 Å². The molecule has 0 amide bonds. The van der Waals surface area contributed by atoms with E-state index in [1.54, 1.807) is 0 Å². The standard InChI is InChI=1S/C5H10ClNO/c6-1-2-7-3-5(8)4-7/h5,8H,1-4H2. The van der Waals surface area contributed by atoms with Gasteiger partial charge in [0, 0.05) is 25.5 Å². The maximum absolute atomic E-state index is 8.76. The van der Waals surface area contributed by atoms with Gasteiger partial charge in [0.15, 0.2) is 0 Å². The van der Waals surface area contributed by atoms with E-state index in [-0.39, 0.29) is 6.10 Å². The number of alkyl halides is 1. The zero-order chi connectivity index (χ0) is 5.98. The molecule has 0 bridgehead atoms. The third-order valence-corrected chi connectivity index (χ3v) is 1.51. The van der Waals surface area contributed by atoms with Crippen molar-refractivity contribution in [1.29, 1.82) is 0 Å². The molecule has 1 N–H and O–H groups in total. The lowest BCUT2D eigenvalue weighted by Crippen LogP contribution is -2.51. The van der Waals surface area contributed by atoms with Crippen molar-refractivity contribution < 1.29 is 5.11 Å². The Labute approximate surface area is 54.1 Å². The molecular formula is C5H10ClNO. The zero-order valence-electron chi connectivity index (χ0n) is 4.68. The second-order valence-corrected chi connectivity index (χ2v) is 2.48. The molecule has 3 heteroatoms. The molecule has 0 aromatic carbocycles. The lowest BCUT2D eigenvalue weighted by Gasteiger charge is -2.35. The van der Waals surface area contributed by atoms with Gasteiger partial charge in [-0.1, -0.05) is 0 Å². The average molecular weight is 136 g/mol. The summed E-state index contributed by atoms with van der Waals surface area (Å²) in [6, 6.07) is 0. The molecule has 1 heterocycles. The molecule has 0 aromatic rings. The molecule has 8 heavy (non-hydrogen) atoms. The predicted molar refractivity (Wildman–Crippen MR) is 33.2 cm³/mol. The first-order chi connectivity index (χ1) is 3.83. The third kappa shape index (κ3) is 1.34. The van der Waals surface area contributed by atoms with Gasteiger partial charge in [0.1, 0.15) is 0 Å². The van der Waals surface area contributed by atoms with Crippen molar-refractivity contribution in [3.05, 3.63) is 0 Å². The molecule has 1 saturated heterocycles. The normalized spacial score (nSPS) is 23.2. The molecule has 1 aliphatic heterocycles. The second-order valence-electron chi connectivity index (χ2n) is 2.10. The average Bonchev–Trinajstić information content (AvgIpc) is 1.64. The highest BCUT2D eigenvalue weighted by Gasteiger charge is 2.22. The van der Waals surface area contributed by atoms with Gasteiger partial charge in [0.2, 0.25) is 0 Å². The van der Waals surface area contributed by atoms with Crippen molar-refractivity contribution in [3.63, 3.8) is 0 Å². The lowest BCUT2D eigenvalue weighted by atomic mass is 10.2. The highest BCUT2D eigenvalue weighted by Crippen LogP contribution is 2.05. The summed E-state index contributed by atoms with van der Waals surface area (Å²) in [6.07, 6.45) is -0.0850. The lowest BCUT2D eigenvalue weighted by molar-refractivity contribution is 0.00629. The minimum absolute atomic E-state index is 0.0850. The largest absolute Gasteiger partial charge is 0.390 e. The van der Waals surface area contributed by atoms with Crippen LogP contribution in [-0.4, -0.2) is 41.6 Å². The van der Waals surface area contributed by atoms with Crippen LogP contribution in [0.3, 0.4) is 0 Å². The van der Waals surface area contributed by atoms with Gasteiger partial charge in [-0.3, -0.25) is 4.90 Å². The Balaban J connectivity index is 1.98. The van der Waals surface area contributed by atoms with E-state index in [9.17, 15) is 0 Å². The van der Waals surface area contributed by atoms with Gasteiger partial charge in [-0.2, -0.15) is 0 Å². The summed E-state index contributed by atoms with van der Waals surface area (Å²) in [5.74, 6) is 0.673. The van der Waals surface area contributed by atoms with Crippen molar-refractivity contribution in [1.82, 2.24) is 4.90 Å². The molecule has 0 spiro atoms. The molecule has 48 valence electrons. The maximum atomic E-state index is 8.76. The van der Waals surface area contributed by atoms with Crippen molar-refractivity contribution in [2.75, 3.05) is 25.5 Å². The van der Waals surface area contributed by atoms with Crippen LogP contribution in [0.25, 0.3) is 0 Å². The van der Waals surface area contributed by atoms with Crippen LogP contribution < -0.4 is 0 Å². The Kier molecular flexibility index (Phi) is 2.11. The molecule has 2 nitrogen and oxygen atoms in total. The van der Waals surface area contributed by atoms with Gasteiger partial charge in [-0.05, 0) is 0 Å². The van der Waals surface area contributed by atoms with Crippen molar-refractivity contribution >= 4 is 11.6 Å². The van der Waals surface area contributed by atoms with E-state index in [0.717, 1.165) is 19.6 Å². The fraction of sp³-hybridized carbons (Fsp3) is 1.00. The molecular weight excluding hydrogens is 126 g/mol. The Morgan fingerprint density at radius 3 is 2.62 bits per heavy atom. The van der Waals surface area contributed by atoms with Gasteiger partial charge in [0.25, 0.3) is 0 Å². The monoisotopic (exact) mass is 135 g/mol. The minimum Gasteiger partial charge on any atom is -0.390 e. The molecule has 0 saturated carbocycles. The minimum atomic E-state index is -0.0850. The van der Waals surface area contributed by atoms with Crippen LogP contribution in [0.5, 0.6) is 0 Å². The van der Waals surface area contributed by atoms with E-state index in [1.807, 2.05) is 0 Å². The van der Waals surface area contributed by atoms with E-state index < -0.39 is 0 Å². The number of aliphatic hydroxyl groups is 1. The zero-order valence-corrected chi connectivity index (χ0v) is 5.43. The number of hydrogen-bond acceptors (Lipinski definition) is 2. The highest BCUT2D eigenvalue weighted by molar-refractivity contribution is 6.18. The highest BCUT2D eigenvalue weighted by atomic mass is 35.5. The van der Waals surface area contributed by atoms with Crippen LogP contribution in [-0.2, 0) is 0 Å². The molecule has 0 unspecified atom stereocenters. The number of nitrogens with zero attached hydrogens (tertiary/aromatic N) is 1. The Morgan fingerprint density at radius 1 is 1.62 bits per heavy atom. The maximum Gasteiger partial charge on any atom is 0.0793 e. The number of β-amino-alcohol motifs (C(OH)–C–C–N with tert-alkyl or cyclic N) is 1. The molecule has 0 aliphatic carbocycles. The number of hydrogen-bond donors (Lipinski definition) is 1. The first-order valence-corrected chi connectivity index (χ1v) is 3.33. The van der Waals surface area contributed by atoms with Crippen molar-refractivity contribution in [2.45, 2.75) is 6.10 Å². The predicted octanol–water partition coefficient (Wildman–Crippen LogP) is -0.0983. The molecule has 1 fully saturated rings. The molecule has 1 rings (SSSR count). The number of aliphatic hydroxyl groups excluding tert-OH is 1. The van der Waals surface area contributed by atoms with Crippen molar-refractivity contribution in [3.8, 4) is 0 Å². The summed E-state index contributed by atoms with van der Waals surface area (Å²) in [4.78, 5) is 2.12. The van der Waals surface area contributed by atoms with E-state index in [0.29, 0.717) is 5.88 Å². The molecule has 1 aliphatic rings. The second kappa shape index (κ2) is 2.67. The van der Waals surface area contributed by atoms with E-state index in [1.165, 1.54) is 0 Å². The number of halogens is 1. The first-order valence-electron chi connectivity index (χ1n) is 2.79. The van der Waals surface area contributed by atoms with Crippen LogP contribution in [0.4, 0.5) is 0 Å². The van der Waals surface area contributed by atoms with Crippen LogP contribution >= 0.6 is 11.6 Å². The van der Waals surface area contributed by atoms with Gasteiger partial charge < -0.3 is 5.11 Å². The summed E-state index contributed by atoms with van der Waals surface area (Å²) >= 11 is 5.43. The third-order valence-electron chi connectivity index (χ3n) is 1.34. The quantitative estimate of drug-likeness (QED) is 0.535. The fourth-order valence-electron chi connectivity index (χ4n) is 0.845. The number of likely N-dealkylation sites (tertiary alicyclic amines) is 1. The van der Waals surface area contributed by atoms with Gasteiger partial charge in [0.05, 0.1) is 6.10 Å². The molecule has 0 radical (unpaired) electrons. The van der Waals surface area contributed by atoms with Gasteiger partial charge in [-0.25, -0.2) is 0 Å². The fourth-order valence-corrected chi connectivity index (χ4v) is 1.08. The SMILES string of the molecule is OC1CN(CCCl)C1. The van der Waals surface area contributed by atoms with E-state index in [2.05, 4.69) is 4.90 Å². The van der Waals surface area contributed by atoms with Crippen LogP contribution in [0.15, 0.2) is 0 Å². The van der Waals surface area contributed by atoms with E-state index in [4.69, 9.17) is 16.7 Å². The van der Waals surface area contributed by atoms with Crippen LogP contribution in [0.2, 0.25) is 0 Å². The first kappa shape index (κ1) is 6.33. The summed E-state index contributed by atoms with van der Waals surface area (Å²) in [7, 11) is 0. The summed E-state index contributed by atoms with van der Waals surface area (Å²) < 4.78 is 0. The Bertz CT molecular complexity index is 70.1. The van der Waals surface area contributed by atoms with Crippen LogP contribution in [0, 0.1) is 0 Å². The van der Waals surface area contributed by atoms with Crippen LogP contribution in [0.1, 0.15) is 0 Å². The summed E-state index contributed by atoms with van der Waals surface area (Å²) in [5, 5.41) is 8.76. The van der Waals surface area contributed by atoms with Crippen molar-refractivity contribution in [2.24, 2.45) is 0 Å². The Hall–Kier alpha value is 0.210. The van der Waals surface area contributed by atoms with Gasteiger partial charge in [-0.15, -0.1) is 11.6 Å². The molecule has 0 atom stereocenters. The van der Waals surface area contributed by atoms with E-state index >= 15 is 0 Å². The smallest absolute Gasteiger partial charge is 0.0793 e. The van der Waals surface area contributed by atoms with Gasteiger partial charge >= 0.3 is 0 Å². The summed E-state index contributed by atoms with van der Waals surface area (Å²) in [5.41, 5.74) is 0. The molecule has 0 aromatic heterocycles. The summed E-state index contributed by atoms with van der Waals surface area (Å²) in [6.45, 7) is 2.54.